The van der Waals surface area contributed by atoms with Gasteiger partial charge < -0.3 is 9.88 Å². The first-order valence-corrected chi connectivity index (χ1v) is 8.42. The molecule has 4 heteroatoms. The van der Waals surface area contributed by atoms with Crippen molar-refractivity contribution in [1.82, 2.24) is 14.9 Å². The Hall–Kier alpha value is -1.13. The van der Waals surface area contributed by atoms with Crippen LogP contribution in [0.4, 0.5) is 0 Å². The third-order valence-electron chi connectivity index (χ3n) is 4.22. The molecule has 3 rings (SSSR count). The fourth-order valence-electron chi connectivity index (χ4n) is 3.14. The molecule has 0 amide bonds. The first-order valence-electron chi connectivity index (χ1n) is 7.54. The van der Waals surface area contributed by atoms with Crippen LogP contribution in [0.1, 0.15) is 55.8 Å². The molecule has 0 saturated carbocycles. The summed E-state index contributed by atoms with van der Waals surface area (Å²) in [6.07, 6.45) is 8.94. The number of aromatic nitrogens is 2. The Morgan fingerprint density at radius 2 is 2.40 bits per heavy atom. The summed E-state index contributed by atoms with van der Waals surface area (Å²) in [5, 5.41) is 5.87. The molecule has 108 valence electrons. The predicted molar refractivity (Wildman–Crippen MR) is 84.2 cm³/mol. The van der Waals surface area contributed by atoms with Crippen molar-refractivity contribution in [3.05, 3.63) is 40.6 Å². The summed E-state index contributed by atoms with van der Waals surface area (Å²) in [7, 11) is 0. The molecule has 2 aromatic heterocycles. The molecule has 0 aromatic carbocycles. The molecule has 2 aromatic rings. The number of hydrogen-bond donors (Lipinski definition) is 1. The van der Waals surface area contributed by atoms with E-state index in [0.717, 1.165) is 6.42 Å². The Morgan fingerprint density at radius 3 is 3.15 bits per heavy atom. The van der Waals surface area contributed by atoms with Gasteiger partial charge in [0.1, 0.15) is 0 Å². The van der Waals surface area contributed by atoms with Crippen LogP contribution in [0.3, 0.4) is 0 Å². The topological polar surface area (TPSA) is 29.9 Å². The Balaban J connectivity index is 1.75. The maximum Gasteiger partial charge on any atom is 0.0951 e. The third kappa shape index (κ3) is 2.96. The van der Waals surface area contributed by atoms with E-state index in [2.05, 4.69) is 46.2 Å². The smallest absolute Gasteiger partial charge is 0.0951 e. The van der Waals surface area contributed by atoms with E-state index in [9.17, 15) is 0 Å². The van der Waals surface area contributed by atoms with E-state index in [0.29, 0.717) is 18.1 Å². The normalized spacial score (nSPS) is 24.7. The lowest BCUT2D eigenvalue weighted by Gasteiger charge is -2.30. The molecule has 1 aliphatic rings. The highest BCUT2D eigenvalue weighted by molar-refractivity contribution is 7.09. The minimum absolute atomic E-state index is 0.463. The molecular formula is C16H23N3S. The van der Waals surface area contributed by atoms with Gasteiger partial charge in [0.05, 0.1) is 12.0 Å². The van der Waals surface area contributed by atoms with Crippen molar-refractivity contribution >= 4 is 11.3 Å². The van der Waals surface area contributed by atoms with Gasteiger partial charge in [0.15, 0.2) is 0 Å². The van der Waals surface area contributed by atoms with Crippen LogP contribution >= 0.6 is 11.3 Å². The summed E-state index contributed by atoms with van der Waals surface area (Å²) in [6, 6.07) is 5.90. The fourth-order valence-corrected chi connectivity index (χ4v) is 3.97. The Bertz CT molecular complexity index is 532. The van der Waals surface area contributed by atoms with Crippen LogP contribution in [-0.4, -0.2) is 15.6 Å². The van der Waals surface area contributed by atoms with Crippen molar-refractivity contribution in [1.29, 1.82) is 0 Å². The van der Waals surface area contributed by atoms with Gasteiger partial charge in [-0.3, -0.25) is 0 Å². The van der Waals surface area contributed by atoms with E-state index in [4.69, 9.17) is 0 Å². The van der Waals surface area contributed by atoms with Gasteiger partial charge in [-0.15, -0.1) is 11.3 Å². The third-order valence-corrected chi connectivity index (χ3v) is 5.12. The second kappa shape index (κ2) is 6.10. The van der Waals surface area contributed by atoms with Gasteiger partial charge in [-0.2, -0.15) is 0 Å². The van der Waals surface area contributed by atoms with Crippen LogP contribution in [0.2, 0.25) is 0 Å². The summed E-state index contributed by atoms with van der Waals surface area (Å²) in [6.45, 7) is 4.57. The van der Waals surface area contributed by atoms with Crippen LogP contribution in [0.25, 0.3) is 0 Å². The SMILES string of the molecule is CC1CCCC(c2cncn2C(C)Cc2cccs2)N1. The van der Waals surface area contributed by atoms with Gasteiger partial charge >= 0.3 is 0 Å². The number of imidazole rings is 1. The van der Waals surface area contributed by atoms with Crippen LogP contribution in [-0.2, 0) is 6.42 Å². The average Bonchev–Trinajstić information content (AvgIpc) is 3.09. The second-order valence-corrected chi connectivity index (χ2v) is 6.94. The lowest BCUT2D eigenvalue weighted by atomic mass is 9.97. The standard InChI is InChI=1S/C16H23N3S/c1-12-5-3-7-15(18-12)16-10-17-11-19(16)13(2)9-14-6-4-8-20-14/h4,6,8,10-13,15,18H,3,5,7,9H2,1-2H3. The minimum Gasteiger partial charge on any atom is -0.330 e. The van der Waals surface area contributed by atoms with Gasteiger partial charge in [0.25, 0.3) is 0 Å². The molecule has 0 bridgehead atoms. The highest BCUT2D eigenvalue weighted by Gasteiger charge is 2.23. The molecule has 3 unspecified atom stereocenters. The summed E-state index contributed by atoms with van der Waals surface area (Å²) >= 11 is 1.84. The number of thiophene rings is 1. The fraction of sp³-hybridized carbons (Fsp3) is 0.562. The Morgan fingerprint density at radius 1 is 1.50 bits per heavy atom. The molecule has 1 saturated heterocycles. The zero-order valence-corrected chi connectivity index (χ0v) is 13.1. The number of hydrogen-bond acceptors (Lipinski definition) is 3. The van der Waals surface area contributed by atoms with Crippen molar-refractivity contribution < 1.29 is 0 Å². The molecule has 0 aliphatic carbocycles. The summed E-state index contributed by atoms with van der Waals surface area (Å²) in [5.74, 6) is 0. The molecule has 3 nitrogen and oxygen atoms in total. The highest BCUT2D eigenvalue weighted by Crippen LogP contribution is 2.28. The molecule has 3 heterocycles. The van der Waals surface area contributed by atoms with Crippen molar-refractivity contribution in [3.8, 4) is 0 Å². The molecule has 1 aliphatic heterocycles. The first-order chi connectivity index (χ1) is 9.74. The zero-order valence-electron chi connectivity index (χ0n) is 12.2. The monoisotopic (exact) mass is 289 g/mol. The van der Waals surface area contributed by atoms with Gasteiger partial charge in [-0.05, 0) is 44.6 Å². The summed E-state index contributed by atoms with van der Waals surface area (Å²) in [5.41, 5.74) is 1.35. The Kier molecular flexibility index (Phi) is 4.22. The predicted octanol–water partition coefficient (Wildman–Crippen LogP) is 3.95. The van der Waals surface area contributed by atoms with Crippen LogP contribution < -0.4 is 5.32 Å². The van der Waals surface area contributed by atoms with E-state index in [1.807, 2.05) is 23.9 Å². The maximum atomic E-state index is 4.40. The summed E-state index contributed by atoms with van der Waals surface area (Å²) in [4.78, 5) is 5.85. The van der Waals surface area contributed by atoms with Crippen molar-refractivity contribution in [2.24, 2.45) is 0 Å². The van der Waals surface area contributed by atoms with E-state index in [1.54, 1.807) is 0 Å². The number of nitrogens with one attached hydrogen (secondary N) is 1. The quantitative estimate of drug-likeness (QED) is 0.923. The van der Waals surface area contributed by atoms with E-state index < -0.39 is 0 Å². The van der Waals surface area contributed by atoms with E-state index >= 15 is 0 Å². The Labute approximate surface area is 125 Å². The molecule has 0 radical (unpaired) electrons. The summed E-state index contributed by atoms with van der Waals surface area (Å²) < 4.78 is 2.36. The molecule has 20 heavy (non-hydrogen) atoms. The van der Waals surface area contributed by atoms with Crippen LogP contribution in [0, 0.1) is 0 Å². The largest absolute Gasteiger partial charge is 0.330 e. The lowest BCUT2D eigenvalue weighted by molar-refractivity contribution is 0.324. The molecular weight excluding hydrogens is 266 g/mol. The van der Waals surface area contributed by atoms with Crippen molar-refractivity contribution in [2.75, 3.05) is 0 Å². The molecule has 1 fully saturated rings. The van der Waals surface area contributed by atoms with Gasteiger partial charge in [0.2, 0.25) is 0 Å². The molecule has 1 N–H and O–H groups in total. The van der Waals surface area contributed by atoms with Crippen molar-refractivity contribution in [2.45, 2.75) is 57.7 Å². The van der Waals surface area contributed by atoms with Gasteiger partial charge in [-0.1, -0.05) is 6.07 Å². The highest BCUT2D eigenvalue weighted by atomic mass is 32.1. The first kappa shape index (κ1) is 13.8. The van der Waals surface area contributed by atoms with Gasteiger partial charge in [0, 0.05) is 35.6 Å². The van der Waals surface area contributed by atoms with E-state index in [-0.39, 0.29) is 0 Å². The van der Waals surface area contributed by atoms with Crippen LogP contribution in [0.15, 0.2) is 30.0 Å². The van der Waals surface area contributed by atoms with Crippen LogP contribution in [0.5, 0.6) is 0 Å². The number of piperidine rings is 1. The number of rotatable bonds is 4. The molecule has 0 spiro atoms. The minimum atomic E-state index is 0.463. The zero-order chi connectivity index (χ0) is 13.9. The second-order valence-electron chi connectivity index (χ2n) is 5.91. The van der Waals surface area contributed by atoms with Crippen molar-refractivity contribution in [3.63, 3.8) is 0 Å². The molecule has 3 atom stereocenters. The maximum absolute atomic E-state index is 4.40. The average molecular weight is 289 g/mol. The van der Waals surface area contributed by atoms with Gasteiger partial charge in [-0.25, -0.2) is 4.98 Å². The van der Waals surface area contributed by atoms with E-state index in [1.165, 1.54) is 29.8 Å². The number of nitrogens with zero attached hydrogens (tertiary/aromatic N) is 2. The lowest BCUT2D eigenvalue weighted by Crippen LogP contribution is -2.35.